The summed E-state index contributed by atoms with van der Waals surface area (Å²) in [5.41, 5.74) is 1.77. The number of aromatic nitrogens is 2. The standard InChI is InChI=1S/C12H11N3O/c1-12(2)9-10(15-11(12)16)14-8-6-4-3-5-7(8)13-9/h3-6H,1-2H3,(H,14,15,16). The molecule has 0 bridgehead atoms. The van der Waals surface area contributed by atoms with Crippen molar-refractivity contribution < 1.29 is 4.79 Å². The highest BCUT2D eigenvalue weighted by molar-refractivity contribution is 6.04. The van der Waals surface area contributed by atoms with Gasteiger partial charge in [0.25, 0.3) is 0 Å². The fourth-order valence-corrected chi connectivity index (χ4v) is 1.89. The van der Waals surface area contributed by atoms with E-state index in [1.54, 1.807) is 0 Å². The van der Waals surface area contributed by atoms with E-state index in [2.05, 4.69) is 15.3 Å². The van der Waals surface area contributed by atoms with Crippen molar-refractivity contribution in [1.29, 1.82) is 0 Å². The normalized spacial score (nSPS) is 17.2. The second-order valence-corrected chi connectivity index (χ2v) is 4.49. The lowest BCUT2D eigenvalue weighted by atomic mass is 9.91. The maximum absolute atomic E-state index is 11.7. The third-order valence-corrected chi connectivity index (χ3v) is 2.96. The molecule has 1 aromatic heterocycles. The molecule has 0 saturated carbocycles. The molecule has 0 spiro atoms. The monoisotopic (exact) mass is 213 g/mol. The lowest BCUT2D eigenvalue weighted by molar-refractivity contribution is -0.119. The molecule has 0 aliphatic carbocycles. The number of benzene rings is 1. The van der Waals surface area contributed by atoms with E-state index in [0.29, 0.717) is 5.82 Å². The van der Waals surface area contributed by atoms with Gasteiger partial charge in [-0.3, -0.25) is 4.79 Å². The van der Waals surface area contributed by atoms with Crippen LogP contribution in [-0.2, 0) is 10.2 Å². The van der Waals surface area contributed by atoms with Gasteiger partial charge in [-0.1, -0.05) is 12.1 Å². The summed E-state index contributed by atoms with van der Waals surface area (Å²) in [6, 6.07) is 7.62. The molecule has 1 aromatic carbocycles. The van der Waals surface area contributed by atoms with Crippen LogP contribution in [0.5, 0.6) is 0 Å². The fourth-order valence-electron chi connectivity index (χ4n) is 1.89. The number of rotatable bonds is 0. The van der Waals surface area contributed by atoms with Crippen LogP contribution < -0.4 is 5.32 Å². The van der Waals surface area contributed by atoms with E-state index in [-0.39, 0.29) is 5.91 Å². The van der Waals surface area contributed by atoms with Crippen LogP contribution in [0.15, 0.2) is 24.3 Å². The summed E-state index contributed by atoms with van der Waals surface area (Å²) in [5, 5.41) is 2.77. The molecule has 2 heterocycles. The molecular formula is C12H11N3O. The summed E-state index contributed by atoms with van der Waals surface area (Å²) in [6.07, 6.45) is 0. The molecule has 4 nitrogen and oxygen atoms in total. The van der Waals surface area contributed by atoms with Crippen LogP contribution in [0, 0.1) is 0 Å². The predicted molar refractivity (Wildman–Crippen MR) is 61.2 cm³/mol. The van der Waals surface area contributed by atoms with Crippen LogP contribution in [0.25, 0.3) is 11.0 Å². The highest BCUT2D eigenvalue weighted by atomic mass is 16.2. The first-order chi connectivity index (χ1) is 7.59. The van der Waals surface area contributed by atoms with E-state index in [1.807, 2.05) is 38.1 Å². The maximum Gasteiger partial charge on any atom is 0.237 e. The summed E-state index contributed by atoms with van der Waals surface area (Å²) in [5.74, 6) is 0.548. The summed E-state index contributed by atoms with van der Waals surface area (Å²) in [4.78, 5) is 20.7. The number of para-hydroxylation sites is 2. The number of nitrogens with zero attached hydrogens (tertiary/aromatic N) is 2. The Morgan fingerprint density at radius 3 is 2.44 bits per heavy atom. The van der Waals surface area contributed by atoms with E-state index in [4.69, 9.17) is 0 Å². The van der Waals surface area contributed by atoms with Crippen LogP contribution in [0.4, 0.5) is 5.82 Å². The van der Waals surface area contributed by atoms with E-state index in [9.17, 15) is 4.79 Å². The molecule has 1 aliphatic rings. The molecular weight excluding hydrogens is 202 g/mol. The first-order valence-electron chi connectivity index (χ1n) is 5.18. The first kappa shape index (κ1) is 9.27. The predicted octanol–water partition coefficient (Wildman–Crippen LogP) is 1.86. The lowest BCUT2D eigenvalue weighted by Gasteiger charge is -2.13. The van der Waals surface area contributed by atoms with E-state index in [0.717, 1.165) is 16.7 Å². The van der Waals surface area contributed by atoms with Crippen LogP contribution >= 0.6 is 0 Å². The number of carbonyl (C=O) groups is 1. The Hall–Kier alpha value is -1.97. The number of fused-ring (bicyclic) bond motifs is 2. The zero-order valence-corrected chi connectivity index (χ0v) is 9.11. The quantitative estimate of drug-likeness (QED) is 0.726. The minimum absolute atomic E-state index is 0.0437. The van der Waals surface area contributed by atoms with Gasteiger partial charge in [0.15, 0.2) is 5.82 Å². The Balaban J connectivity index is 2.35. The van der Waals surface area contributed by atoms with Gasteiger partial charge < -0.3 is 5.32 Å². The molecule has 0 atom stereocenters. The zero-order chi connectivity index (χ0) is 11.3. The maximum atomic E-state index is 11.7. The molecule has 0 radical (unpaired) electrons. The average Bonchev–Trinajstić information content (AvgIpc) is 2.48. The van der Waals surface area contributed by atoms with Gasteiger partial charge in [0.1, 0.15) is 0 Å². The molecule has 2 aromatic rings. The van der Waals surface area contributed by atoms with E-state index >= 15 is 0 Å². The highest BCUT2D eigenvalue weighted by Crippen LogP contribution is 2.35. The van der Waals surface area contributed by atoms with Gasteiger partial charge in [0, 0.05) is 0 Å². The van der Waals surface area contributed by atoms with Crippen molar-refractivity contribution in [2.45, 2.75) is 19.3 Å². The van der Waals surface area contributed by atoms with Crippen LogP contribution in [0.2, 0.25) is 0 Å². The van der Waals surface area contributed by atoms with Crippen molar-refractivity contribution in [3.8, 4) is 0 Å². The van der Waals surface area contributed by atoms with Crippen molar-refractivity contribution in [3.63, 3.8) is 0 Å². The molecule has 0 fully saturated rings. The van der Waals surface area contributed by atoms with Crippen LogP contribution in [-0.4, -0.2) is 15.9 Å². The third kappa shape index (κ3) is 1.07. The molecule has 0 unspecified atom stereocenters. The minimum atomic E-state index is -0.591. The van der Waals surface area contributed by atoms with Crippen molar-refractivity contribution in [1.82, 2.24) is 9.97 Å². The number of carbonyl (C=O) groups excluding carboxylic acids is 1. The number of hydrogen-bond acceptors (Lipinski definition) is 3. The minimum Gasteiger partial charge on any atom is -0.308 e. The van der Waals surface area contributed by atoms with Crippen LogP contribution in [0.1, 0.15) is 19.5 Å². The number of amides is 1. The van der Waals surface area contributed by atoms with E-state index in [1.165, 1.54) is 0 Å². The van der Waals surface area contributed by atoms with Gasteiger partial charge in [0.05, 0.1) is 22.1 Å². The Labute approximate surface area is 92.7 Å². The highest BCUT2D eigenvalue weighted by Gasteiger charge is 2.41. The van der Waals surface area contributed by atoms with Crippen molar-refractivity contribution in [3.05, 3.63) is 30.0 Å². The van der Waals surface area contributed by atoms with Gasteiger partial charge in [-0.25, -0.2) is 9.97 Å². The Morgan fingerprint density at radius 2 is 1.75 bits per heavy atom. The lowest BCUT2D eigenvalue weighted by Crippen LogP contribution is -2.27. The molecule has 1 aliphatic heterocycles. The number of hydrogen-bond donors (Lipinski definition) is 1. The molecule has 80 valence electrons. The number of anilines is 1. The molecule has 0 saturated heterocycles. The SMILES string of the molecule is CC1(C)C(=O)Nc2nc3ccccc3nc21. The van der Waals surface area contributed by atoms with Crippen molar-refractivity contribution in [2.24, 2.45) is 0 Å². The molecule has 3 rings (SSSR count). The Bertz CT molecular complexity index is 604. The largest absolute Gasteiger partial charge is 0.308 e. The van der Waals surface area contributed by atoms with Crippen LogP contribution in [0.3, 0.4) is 0 Å². The van der Waals surface area contributed by atoms with Crippen molar-refractivity contribution in [2.75, 3.05) is 5.32 Å². The average molecular weight is 213 g/mol. The smallest absolute Gasteiger partial charge is 0.237 e. The van der Waals surface area contributed by atoms with Gasteiger partial charge in [-0.15, -0.1) is 0 Å². The second kappa shape index (κ2) is 2.78. The molecule has 16 heavy (non-hydrogen) atoms. The summed E-state index contributed by atoms with van der Waals surface area (Å²) in [6.45, 7) is 3.72. The van der Waals surface area contributed by atoms with Gasteiger partial charge >= 0.3 is 0 Å². The fraction of sp³-hybridized carbons (Fsp3) is 0.250. The summed E-state index contributed by atoms with van der Waals surface area (Å²) < 4.78 is 0. The van der Waals surface area contributed by atoms with Gasteiger partial charge in [0.2, 0.25) is 5.91 Å². The molecule has 1 N–H and O–H groups in total. The third-order valence-electron chi connectivity index (χ3n) is 2.96. The van der Waals surface area contributed by atoms with Gasteiger partial charge in [-0.2, -0.15) is 0 Å². The molecule has 1 amide bonds. The van der Waals surface area contributed by atoms with Gasteiger partial charge in [-0.05, 0) is 26.0 Å². The zero-order valence-electron chi connectivity index (χ0n) is 9.11. The first-order valence-corrected chi connectivity index (χ1v) is 5.18. The Morgan fingerprint density at radius 1 is 1.12 bits per heavy atom. The summed E-state index contributed by atoms with van der Waals surface area (Å²) >= 11 is 0. The second-order valence-electron chi connectivity index (χ2n) is 4.49. The van der Waals surface area contributed by atoms with E-state index < -0.39 is 5.41 Å². The Kier molecular flexibility index (Phi) is 1.61. The van der Waals surface area contributed by atoms with Crippen molar-refractivity contribution >= 4 is 22.8 Å². The topological polar surface area (TPSA) is 54.9 Å². The number of nitrogens with one attached hydrogen (secondary N) is 1. The summed E-state index contributed by atoms with van der Waals surface area (Å²) in [7, 11) is 0. The molecule has 4 heteroatoms.